The molecule has 0 atom stereocenters. The largest absolute Gasteiger partial charge is 0.240 e. The van der Waals surface area contributed by atoms with Gasteiger partial charge in [0.05, 0.1) is 4.90 Å². The minimum Gasteiger partial charge on any atom is -0.208 e. The molecule has 0 amide bonds. The number of sulfonamides is 1. The zero-order valence-corrected chi connectivity index (χ0v) is 7.84. The molecule has 1 aromatic rings. The molecule has 1 radical (unpaired) electrons. The second kappa shape index (κ2) is 3.12. The Balaban J connectivity index is 2.23. The van der Waals surface area contributed by atoms with Gasteiger partial charge in [0.2, 0.25) is 10.0 Å². The van der Waals surface area contributed by atoms with E-state index in [0.29, 0.717) is 4.90 Å². The Morgan fingerprint density at radius 1 is 1.46 bits per heavy atom. The lowest BCUT2D eigenvalue weighted by Gasteiger charge is -2.03. The van der Waals surface area contributed by atoms with Gasteiger partial charge in [-0.15, -0.1) is 0 Å². The minimum absolute atomic E-state index is 0.158. The summed E-state index contributed by atoms with van der Waals surface area (Å²) < 4.78 is 25.7. The summed E-state index contributed by atoms with van der Waals surface area (Å²) >= 11 is 0. The first kappa shape index (κ1) is 8.72. The summed E-state index contributed by atoms with van der Waals surface area (Å²) in [6, 6.07) is 9.29. The second-order valence-corrected chi connectivity index (χ2v) is 4.85. The lowest BCUT2D eigenvalue weighted by atomic mass is 10.4. The van der Waals surface area contributed by atoms with Gasteiger partial charge >= 0.3 is 0 Å². The molecule has 1 N–H and O–H groups in total. The van der Waals surface area contributed by atoms with Crippen molar-refractivity contribution in [3.8, 4) is 0 Å². The van der Waals surface area contributed by atoms with E-state index in [4.69, 9.17) is 0 Å². The predicted octanol–water partition coefficient (Wildman–Crippen LogP) is 0.927. The minimum atomic E-state index is -3.28. The Hall–Kier alpha value is -0.870. The van der Waals surface area contributed by atoms with Crippen LogP contribution < -0.4 is 4.72 Å². The highest BCUT2D eigenvalue weighted by Gasteiger charge is 2.27. The average molecular weight is 196 g/mol. The third kappa shape index (κ3) is 2.08. The molecule has 1 fully saturated rings. The number of nitrogens with one attached hydrogen (secondary N) is 1. The molecule has 69 valence electrons. The third-order valence-corrected chi connectivity index (χ3v) is 3.41. The lowest BCUT2D eigenvalue weighted by Crippen LogP contribution is -2.25. The van der Waals surface area contributed by atoms with E-state index in [1.165, 1.54) is 6.07 Å². The molecule has 0 bridgehead atoms. The van der Waals surface area contributed by atoms with Crippen molar-refractivity contribution < 1.29 is 8.42 Å². The van der Waals surface area contributed by atoms with Crippen LogP contribution in [-0.4, -0.2) is 14.5 Å². The van der Waals surface area contributed by atoms with Crippen molar-refractivity contribution in [1.82, 2.24) is 4.72 Å². The van der Waals surface area contributed by atoms with E-state index in [9.17, 15) is 8.42 Å². The Morgan fingerprint density at radius 3 is 2.77 bits per heavy atom. The Bertz CT molecular complexity index is 381. The van der Waals surface area contributed by atoms with Crippen molar-refractivity contribution in [2.75, 3.05) is 0 Å². The van der Waals surface area contributed by atoms with E-state index in [1.54, 1.807) is 18.2 Å². The SMILES string of the molecule is O=S(=O)(NC1CC1)c1c[c]ccc1. The molecule has 0 saturated heterocycles. The van der Waals surface area contributed by atoms with Crippen LogP contribution in [-0.2, 0) is 10.0 Å². The fraction of sp³-hybridized carbons (Fsp3) is 0.333. The topological polar surface area (TPSA) is 46.2 Å². The van der Waals surface area contributed by atoms with Crippen LogP contribution >= 0.6 is 0 Å². The lowest BCUT2D eigenvalue weighted by molar-refractivity contribution is 0.581. The van der Waals surface area contributed by atoms with Crippen molar-refractivity contribution in [2.24, 2.45) is 0 Å². The quantitative estimate of drug-likeness (QED) is 0.781. The first-order valence-corrected chi connectivity index (χ1v) is 5.65. The standard InChI is InChI=1S/C9H10NO2S/c11-13(12,10-8-6-7-8)9-4-2-1-3-5-9/h1-2,4-5,8,10H,6-7H2. The molecule has 0 aliphatic heterocycles. The van der Waals surface area contributed by atoms with E-state index in [2.05, 4.69) is 10.8 Å². The Labute approximate surface area is 77.8 Å². The molecule has 2 rings (SSSR count). The highest BCUT2D eigenvalue weighted by atomic mass is 32.2. The number of hydrogen-bond acceptors (Lipinski definition) is 2. The molecular formula is C9H10NO2S. The van der Waals surface area contributed by atoms with E-state index < -0.39 is 10.0 Å². The Kier molecular flexibility index (Phi) is 2.09. The van der Waals surface area contributed by atoms with Crippen LogP contribution in [0.15, 0.2) is 29.2 Å². The van der Waals surface area contributed by atoms with Crippen LogP contribution in [0.25, 0.3) is 0 Å². The van der Waals surface area contributed by atoms with Crippen molar-refractivity contribution in [3.63, 3.8) is 0 Å². The van der Waals surface area contributed by atoms with Gasteiger partial charge in [0.15, 0.2) is 0 Å². The molecule has 1 aliphatic carbocycles. The molecule has 0 unspecified atom stereocenters. The van der Waals surface area contributed by atoms with Crippen molar-refractivity contribution in [1.29, 1.82) is 0 Å². The van der Waals surface area contributed by atoms with Gasteiger partial charge in [-0.2, -0.15) is 0 Å². The van der Waals surface area contributed by atoms with Gasteiger partial charge < -0.3 is 0 Å². The average Bonchev–Trinajstić information content (AvgIpc) is 2.89. The summed E-state index contributed by atoms with van der Waals surface area (Å²) in [4.78, 5) is 0.293. The van der Waals surface area contributed by atoms with Crippen LogP contribution in [0.3, 0.4) is 0 Å². The summed E-state index contributed by atoms with van der Waals surface area (Å²) in [5.41, 5.74) is 0. The first-order valence-electron chi connectivity index (χ1n) is 4.17. The van der Waals surface area contributed by atoms with E-state index in [0.717, 1.165) is 12.8 Å². The fourth-order valence-electron chi connectivity index (χ4n) is 1.03. The molecule has 13 heavy (non-hydrogen) atoms. The van der Waals surface area contributed by atoms with Crippen LogP contribution in [0.4, 0.5) is 0 Å². The fourth-order valence-corrected chi connectivity index (χ4v) is 2.32. The van der Waals surface area contributed by atoms with Crippen molar-refractivity contribution in [2.45, 2.75) is 23.8 Å². The predicted molar refractivity (Wildman–Crippen MR) is 48.6 cm³/mol. The van der Waals surface area contributed by atoms with Crippen LogP contribution in [0.5, 0.6) is 0 Å². The van der Waals surface area contributed by atoms with Gasteiger partial charge in [0.25, 0.3) is 0 Å². The Morgan fingerprint density at radius 2 is 2.23 bits per heavy atom. The molecule has 4 heteroatoms. The highest BCUT2D eigenvalue weighted by Crippen LogP contribution is 2.21. The molecule has 3 nitrogen and oxygen atoms in total. The zero-order chi connectivity index (χ0) is 9.31. The van der Waals surface area contributed by atoms with Crippen LogP contribution in [0.1, 0.15) is 12.8 Å². The third-order valence-electron chi connectivity index (χ3n) is 1.89. The van der Waals surface area contributed by atoms with Gasteiger partial charge in [-0.3, -0.25) is 0 Å². The molecular weight excluding hydrogens is 186 g/mol. The first-order chi connectivity index (χ1) is 6.18. The number of rotatable bonds is 3. The van der Waals surface area contributed by atoms with Gasteiger partial charge in [-0.25, -0.2) is 13.1 Å². The maximum atomic E-state index is 11.6. The summed E-state index contributed by atoms with van der Waals surface area (Å²) in [5.74, 6) is 0. The molecule has 1 saturated carbocycles. The normalized spacial score (nSPS) is 17.2. The molecule has 1 aliphatic rings. The maximum Gasteiger partial charge on any atom is 0.240 e. The smallest absolute Gasteiger partial charge is 0.208 e. The van der Waals surface area contributed by atoms with Gasteiger partial charge in [-0.1, -0.05) is 12.1 Å². The van der Waals surface area contributed by atoms with Crippen LogP contribution in [0.2, 0.25) is 0 Å². The summed E-state index contributed by atoms with van der Waals surface area (Å²) in [7, 11) is -3.28. The summed E-state index contributed by atoms with van der Waals surface area (Å²) in [6.07, 6.45) is 1.91. The summed E-state index contributed by atoms with van der Waals surface area (Å²) in [5, 5.41) is 0. The monoisotopic (exact) mass is 196 g/mol. The molecule has 0 aromatic heterocycles. The van der Waals surface area contributed by atoms with Crippen molar-refractivity contribution in [3.05, 3.63) is 30.3 Å². The maximum absolute atomic E-state index is 11.6. The van der Waals surface area contributed by atoms with E-state index >= 15 is 0 Å². The van der Waals surface area contributed by atoms with Gasteiger partial charge in [-0.05, 0) is 31.0 Å². The second-order valence-electron chi connectivity index (χ2n) is 3.13. The van der Waals surface area contributed by atoms with E-state index in [1.807, 2.05) is 0 Å². The highest BCUT2D eigenvalue weighted by molar-refractivity contribution is 7.89. The molecule has 0 spiro atoms. The van der Waals surface area contributed by atoms with Gasteiger partial charge in [0, 0.05) is 6.04 Å². The van der Waals surface area contributed by atoms with Crippen molar-refractivity contribution >= 4 is 10.0 Å². The van der Waals surface area contributed by atoms with E-state index in [-0.39, 0.29) is 6.04 Å². The number of hydrogen-bond donors (Lipinski definition) is 1. The summed E-state index contributed by atoms with van der Waals surface area (Å²) in [6.45, 7) is 0. The van der Waals surface area contributed by atoms with Crippen LogP contribution in [0, 0.1) is 6.07 Å². The van der Waals surface area contributed by atoms with Gasteiger partial charge in [0.1, 0.15) is 0 Å². The molecule has 1 aromatic carbocycles. The number of benzene rings is 1. The molecule has 0 heterocycles. The zero-order valence-electron chi connectivity index (χ0n) is 7.03.